The molecular formula is C19H24BrN3O4S. The predicted molar refractivity (Wildman–Crippen MR) is 108 cm³/mol. The summed E-state index contributed by atoms with van der Waals surface area (Å²) in [6.07, 6.45) is 0.975. The van der Waals surface area contributed by atoms with E-state index in [0.717, 1.165) is 10.0 Å². The smallest absolute Gasteiger partial charge is 0.248 e. The summed E-state index contributed by atoms with van der Waals surface area (Å²) in [4.78, 5) is 12.8. The summed E-state index contributed by atoms with van der Waals surface area (Å²) in [5, 5.41) is 6.78. The van der Waals surface area contributed by atoms with Gasteiger partial charge in [0.25, 0.3) is 0 Å². The molecule has 0 spiro atoms. The molecule has 1 fully saturated rings. The summed E-state index contributed by atoms with van der Waals surface area (Å²) in [5.74, 6) is 0.0551. The number of sulfonamides is 1. The topological polar surface area (TPSA) is 92.5 Å². The highest BCUT2D eigenvalue weighted by Gasteiger charge is 2.35. The Hall–Kier alpha value is -1.71. The van der Waals surface area contributed by atoms with Crippen molar-refractivity contribution in [2.24, 2.45) is 5.92 Å². The molecule has 1 aliphatic heterocycles. The Kier molecular flexibility index (Phi) is 6.26. The van der Waals surface area contributed by atoms with E-state index in [1.807, 2.05) is 31.2 Å². The van der Waals surface area contributed by atoms with E-state index < -0.39 is 10.0 Å². The lowest BCUT2D eigenvalue weighted by molar-refractivity contribution is -0.126. The Morgan fingerprint density at radius 3 is 2.39 bits per heavy atom. The number of carbonyl (C=O) groups is 1. The monoisotopic (exact) mass is 469 g/mol. The highest BCUT2D eigenvalue weighted by molar-refractivity contribution is 9.10. The van der Waals surface area contributed by atoms with Gasteiger partial charge in [0, 0.05) is 23.5 Å². The fourth-order valence-corrected chi connectivity index (χ4v) is 5.52. The number of nitrogens with zero attached hydrogens (tertiary/aromatic N) is 2. The molecule has 1 unspecified atom stereocenters. The SMILES string of the molecule is Cc1noc(C)c1S(=O)(=O)N1CCC(C(=O)NC(C)c2ccc(Br)cc2)CC1. The molecule has 152 valence electrons. The molecule has 1 atom stereocenters. The second kappa shape index (κ2) is 8.34. The molecule has 1 N–H and O–H groups in total. The van der Waals surface area contributed by atoms with E-state index in [0.29, 0.717) is 37.4 Å². The van der Waals surface area contributed by atoms with Crippen molar-refractivity contribution in [2.75, 3.05) is 13.1 Å². The molecule has 1 aliphatic rings. The van der Waals surface area contributed by atoms with Gasteiger partial charge in [-0.3, -0.25) is 4.79 Å². The third kappa shape index (κ3) is 4.31. The van der Waals surface area contributed by atoms with Crippen LogP contribution in [-0.2, 0) is 14.8 Å². The minimum atomic E-state index is -3.66. The van der Waals surface area contributed by atoms with Crippen LogP contribution in [0.2, 0.25) is 0 Å². The summed E-state index contributed by atoms with van der Waals surface area (Å²) >= 11 is 3.40. The maximum absolute atomic E-state index is 12.9. The molecule has 2 heterocycles. The zero-order valence-electron chi connectivity index (χ0n) is 16.1. The minimum absolute atomic E-state index is 0.0372. The molecule has 1 amide bonds. The standard InChI is InChI=1S/C19H24BrN3O4S/c1-12(15-4-6-17(20)7-5-15)21-19(24)16-8-10-23(11-9-16)28(25,26)18-13(2)22-27-14(18)3/h4-7,12,16H,8-11H2,1-3H3,(H,21,24). The molecule has 1 aromatic heterocycles. The second-order valence-electron chi connectivity index (χ2n) is 7.11. The van der Waals surface area contributed by atoms with Gasteiger partial charge < -0.3 is 9.84 Å². The van der Waals surface area contributed by atoms with E-state index >= 15 is 0 Å². The lowest BCUT2D eigenvalue weighted by Crippen LogP contribution is -2.43. The molecule has 0 aliphatic carbocycles. The number of hydrogen-bond acceptors (Lipinski definition) is 5. The van der Waals surface area contributed by atoms with E-state index in [1.54, 1.807) is 13.8 Å². The Balaban J connectivity index is 1.60. The van der Waals surface area contributed by atoms with Crippen molar-refractivity contribution in [2.45, 2.75) is 44.6 Å². The van der Waals surface area contributed by atoms with Crippen LogP contribution in [-0.4, -0.2) is 36.9 Å². The quantitative estimate of drug-likeness (QED) is 0.724. The van der Waals surface area contributed by atoms with E-state index in [1.165, 1.54) is 4.31 Å². The Bertz CT molecular complexity index is 929. The Morgan fingerprint density at radius 2 is 1.86 bits per heavy atom. The third-order valence-corrected chi connectivity index (χ3v) is 7.79. The number of piperidine rings is 1. The molecule has 0 bridgehead atoms. The van der Waals surface area contributed by atoms with Crippen molar-refractivity contribution >= 4 is 31.9 Å². The average molecular weight is 470 g/mol. The van der Waals surface area contributed by atoms with E-state index in [4.69, 9.17) is 4.52 Å². The van der Waals surface area contributed by atoms with Gasteiger partial charge in [-0.05, 0) is 51.3 Å². The first kappa shape index (κ1) is 21.0. The molecule has 0 radical (unpaired) electrons. The maximum Gasteiger partial charge on any atom is 0.248 e. The summed E-state index contributed by atoms with van der Waals surface area (Å²) in [5.41, 5.74) is 1.38. The molecule has 1 saturated heterocycles. The summed E-state index contributed by atoms with van der Waals surface area (Å²) in [7, 11) is -3.66. The fourth-order valence-electron chi connectivity index (χ4n) is 3.50. The number of carbonyl (C=O) groups excluding carboxylic acids is 1. The lowest BCUT2D eigenvalue weighted by Gasteiger charge is -2.31. The van der Waals surface area contributed by atoms with E-state index in [-0.39, 0.29) is 22.8 Å². The number of aryl methyl sites for hydroxylation is 2. The van der Waals surface area contributed by atoms with Gasteiger partial charge in [0.05, 0.1) is 6.04 Å². The molecule has 1 aromatic carbocycles. The van der Waals surface area contributed by atoms with Gasteiger partial charge in [-0.2, -0.15) is 4.31 Å². The van der Waals surface area contributed by atoms with Crippen LogP contribution in [0, 0.1) is 19.8 Å². The molecule has 7 nitrogen and oxygen atoms in total. The molecule has 3 rings (SSSR count). The van der Waals surface area contributed by atoms with Crippen molar-refractivity contribution in [3.63, 3.8) is 0 Å². The van der Waals surface area contributed by atoms with Crippen LogP contribution >= 0.6 is 15.9 Å². The van der Waals surface area contributed by atoms with Crippen molar-refractivity contribution in [3.8, 4) is 0 Å². The third-order valence-electron chi connectivity index (χ3n) is 5.12. The van der Waals surface area contributed by atoms with Crippen LogP contribution in [0.4, 0.5) is 0 Å². The van der Waals surface area contributed by atoms with Crippen molar-refractivity contribution in [1.82, 2.24) is 14.8 Å². The molecule has 9 heteroatoms. The van der Waals surface area contributed by atoms with E-state index in [2.05, 4.69) is 26.4 Å². The van der Waals surface area contributed by atoms with Gasteiger partial charge in [0.2, 0.25) is 15.9 Å². The summed E-state index contributed by atoms with van der Waals surface area (Å²) < 4.78 is 33.2. The second-order valence-corrected chi connectivity index (χ2v) is 9.90. The number of benzene rings is 1. The largest absolute Gasteiger partial charge is 0.360 e. The first-order valence-electron chi connectivity index (χ1n) is 9.19. The van der Waals surface area contributed by atoms with Crippen LogP contribution in [0.25, 0.3) is 0 Å². The van der Waals surface area contributed by atoms with Gasteiger partial charge >= 0.3 is 0 Å². The molecule has 0 saturated carbocycles. The molecule has 28 heavy (non-hydrogen) atoms. The van der Waals surface area contributed by atoms with Crippen LogP contribution < -0.4 is 5.32 Å². The minimum Gasteiger partial charge on any atom is -0.360 e. The highest BCUT2D eigenvalue weighted by atomic mass is 79.9. The first-order valence-corrected chi connectivity index (χ1v) is 11.4. The van der Waals surface area contributed by atoms with Crippen LogP contribution in [0.3, 0.4) is 0 Å². The summed E-state index contributed by atoms with van der Waals surface area (Å²) in [6, 6.07) is 7.71. The zero-order valence-corrected chi connectivity index (χ0v) is 18.5. The molecule has 2 aromatic rings. The van der Waals surface area contributed by atoms with Gasteiger partial charge in [-0.25, -0.2) is 8.42 Å². The number of rotatable bonds is 5. The lowest BCUT2D eigenvalue weighted by atomic mass is 9.96. The van der Waals surface area contributed by atoms with Gasteiger partial charge in [0.15, 0.2) is 5.76 Å². The fraction of sp³-hybridized carbons (Fsp3) is 0.474. The van der Waals surface area contributed by atoms with Gasteiger partial charge in [0.1, 0.15) is 10.6 Å². The van der Waals surface area contributed by atoms with Crippen LogP contribution in [0.1, 0.15) is 42.8 Å². The zero-order chi connectivity index (χ0) is 20.5. The first-order chi connectivity index (χ1) is 13.2. The number of amides is 1. The normalized spacial score (nSPS) is 17.4. The van der Waals surface area contributed by atoms with Crippen molar-refractivity contribution in [1.29, 1.82) is 0 Å². The summed E-state index contributed by atoms with van der Waals surface area (Å²) in [6.45, 7) is 5.76. The highest BCUT2D eigenvalue weighted by Crippen LogP contribution is 2.28. The van der Waals surface area contributed by atoms with Crippen molar-refractivity contribution in [3.05, 3.63) is 45.8 Å². The Labute approximate surface area is 173 Å². The van der Waals surface area contributed by atoms with Crippen LogP contribution in [0.15, 0.2) is 38.2 Å². The maximum atomic E-state index is 12.9. The van der Waals surface area contributed by atoms with Gasteiger partial charge in [-0.1, -0.05) is 33.2 Å². The average Bonchev–Trinajstić information content (AvgIpc) is 3.01. The number of nitrogens with one attached hydrogen (secondary N) is 1. The van der Waals surface area contributed by atoms with Crippen LogP contribution in [0.5, 0.6) is 0 Å². The van der Waals surface area contributed by atoms with Gasteiger partial charge in [-0.15, -0.1) is 0 Å². The van der Waals surface area contributed by atoms with E-state index in [9.17, 15) is 13.2 Å². The van der Waals surface area contributed by atoms with Crippen molar-refractivity contribution < 1.29 is 17.7 Å². The number of hydrogen-bond donors (Lipinski definition) is 1. The number of aromatic nitrogens is 1. The predicted octanol–water partition coefficient (Wildman–Crippen LogP) is 3.33. The Morgan fingerprint density at radius 1 is 1.25 bits per heavy atom. The number of halogens is 1. The molecular weight excluding hydrogens is 446 g/mol.